The van der Waals surface area contributed by atoms with Crippen LogP contribution in [0.25, 0.3) is 27.8 Å². The first kappa shape index (κ1) is 20.1. The van der Waals surface area contributed by atoms with Gasteiger partial charge in [0.05, 0.1) is 11.3 Å². The summed E-state index contributed by atoms with van der Waals surface area (Å²) < 4.78 is 6.31. The van der Waals surface area contributed by atoms with Crippen molar-refractivity contribution < 1.29 is 4.42 Å². The Balaban J connectivity index is 1.68. The Morgan fingerprint density at radius 2 is 2.10 bits per heavy atom. The number of nitriles is 1. The highest BCUT2D eigenvalue weighted by molar-refractivity contribution is 9.10. The second kappa shape index (κ2) is 8.27. The van der Waals surface area contributed by atoms with Gasteiger partial charge in [-0.2, -0.15) is 5.26 Å². The van der Waals surface area contributed by atoms with Gasteiger partial charge in [-0.05, 0) is 55.3 Å². The van der Waals surface area contributed by atoms with Gasteiger partial charge in [0.15, 0.2) is 0 Å². The van der Waals surface area contributed by atoms with Crippen LogP contribution < -0.4 is 10.9 Å². The standard InChI is InChI=1S/C23H16BrN3O2S/c1-13-4-3-5-19(14(13)2)26-11-16(10-25)22-27-20(12-30-22)18-9-15-8-17(24)6-7-21(15)29-23(18)28/h3-9,11-12,26H,1-2H3/b16-11-. The summed E-state index contributed by atoms with van der Waals surface area (Å²) in [4.78, 5) is 17.0. The number of allylic oxidation sites excluding steroid dienone is 1. The number of thiazole rings is 1. The number of fused-ring (bicyclic) bond motifs is 1. The number of hydrogen-bond acceptors (Lipinski definition) is 6. The molecule has 0 bridgehead atoms. The number of nitrogens with one attached hydrogen (secondary N) is 1. The number of halogens is 1. The van der Waals surface area contributed by atoms with Crippen molar-refractivity contribution in [1.29, 1.82) is 5.26 Å². The highest BCUT2D eigenvalue weighted by Crippen LogP contribution is 2.28. The molecular weight excluding hydrogens is 462 g/mol. The molecule has 0 atom stereocenters. The first-order valence-electron chi connectivity index (χ1n) is 9.09. The van der Waals surface area contributed by atoms with Crippen molar-refractivity contribution in [1.82, 2.24) is 4.98 Å². The van der Waals surface area contributed by atoms with Crippen molar-refractivity contribution in [2.45, 2.75) is 13.8 Å². The molecule has 1 N–H and O–H groups in total. The van der Waals surface area contributed by atoms with Crippen LogP contribution in [0.5, 0.6) is 0 Å². The number of benzene rings is 2. The summed E-state index contributed by atoms with van der Waals surface area (Å²) in [7, 11) is 0. The van der Waals surface area contributed by atoms with E-state index in [1.807, 2.05) is 44.2 Å². The van der Waals surface area contributed by atoms with Crippen molar-refractivity contribution in [2.24, 2.45) is 0 Å². The molecule has 4 rings (SSSR count). The molecule has 2 aromatic heterocycles. The maximum Gasteiger partial charge on any atom is 0.345 e. The topological polar surface area (TPSA) is 78.9 Å². The fourth-order valence-corrected chi connectivity index (χ4v) is 4.16. The largest absolute Gasteiger partial charge is 0.422 e. The molecule has 0 radical (unpaired) electrons. The summed E-state index contributed by atoms with van der Waals surface area (Å²) in [6.45, 7) is 4.06. The molecule has 5 nitrogen and oxygen atoms in total. The van der Waals surface area contributed by atoms with E-state index in [9.17, 15) is 10.1 Å². The van der Waals surface area contributed by atoms with Crippen LogP contribution in [-0.4, -0.2) is 4.98 Å². The molecule has 0 aliphatic heterocycles. The van der Waals surface area contributed by atoms with Gasteiger partial charge in [0.25, 0.3) is 0 Å². The normalized spacial score (nSPS) is 11.5. The Bertz CT molecular complexity index is 1400. The van der Waals surface area contributed by atoms with Gasteiger partial charge in [-0.15, -0.1) is 11.3 Å². The third-order valence-corrected chi connectivity index (χ3v) is 6.17. The summed E-state index contributed by atoms with van der Waals surface area (Å²) in [5, 5.41) is 15.9. The minimum absolute atomic E-state index is 0.364. The molecule has 148 valence electrons. The average molecular weight is 478 g/mol. The molecule has 0 saturated heterocycles. The van der Waals surface area contributed by atoms with Crippen LogP contribution in [0.15, 0.2) is 67.7 Å². The first-order valence-corrected chi connectivity index (χ1v) is 10.8. The van der Waals surface area contributed by atoms with E-state index < -0.39 is 5.63 Å². The van der Waals surface area contributed by atoms with Crippen LogP contribution >= 0.6 is 27.3 Å². The molecule has 0 amide bonds. The molecule has 0 aliphatic rings. The third-order valence-electron chi connectivity index (χ3n) is 4.80. The number of hydrogen-bond donors (Lipinski definition) is 1. The maximum absolute atomic E-state index is 12.4. The predicted molar refractivity (Wildman–Crippen MR) is 124 cm³/mol. The van der Waals surface area contributed by atoms with Crippen molar-refractivity contribution in [3.63, 3.8) is 0 Å². The van der Waals surface area contributed by atoms with Gasteiger partial charge in [-0.3, -0.25) is 0 Å². The SMILES string of the molecule is Cc1cccc(N/C=C(/C#N)c2nc(-c3cc4cc(Br)ccc4oc3=O)cs2)c1C. The van der Waals surface area contributed by atoms with Gasteiger partial charge in [-0.1, -0.05) is 28.1 Å². The second-order valence-electron chi connectivity index (χ2n) is 6.73. The van der Waals surface area contributed by atoms with Crippen molar-refractivity contribution in [3.8, 4) is 17.3 Å². The lowest BCUT2D eigenvalue weighted by atomic mass is 10.1. The van der Waals surface area contributed by atoms with E-state index >= 15 is 0 Å². The fourth-order valence-electron chi connectivity index (χ4n) is 2.99. The fraction of sp³-hybridized carbons (Fsp3) is 0.0870. The quantitative estimate of drug-likeness (QED) is 0.276. The van der Waals surface area contributed by atoms with Crippen LogP contribution in [-0.2, 0) is 0 Å². The smallest absolute Gasteiger partial charge is 0.345 e. The zero-order valence-electron chi connectivity index (χ0n) is 16.2. The monoisotopic (exact) mass is 477 g/mol. The summed E-state index contributed by atoms with van der Waals surface area (Å²) >= 11 is 4.73. The lowest BCUT2D eigenvalue weighted by Crippen LogP contribution is -2.03. The number of rotatable bonds is 4. The van der Waals surface area contributed by atoms with Crippen LogP contribution in [0.2, 0.25) is 0 Å². The Hall–Kier alpha value is -3.21. The van der Waals surface area contributed by atoms with E-state index in [0.717, 1.165) is 26.7 Å². The highest BCUT2D eigenvalue weighted by atomic mass is 79.9. The minimum atomic E-state index is -0.460. The molecule has 0 spiro atoms. The van der Waals surface area contributed by atoms with Gasteiger partial charge < -0.3 is 9.73 Å². The Morgan fingerprint density at radius 3 is 2.90 bits per heavy atom. The van der Waals surface area contributed by atoms with Crippen molar-refractivity contribution in [3.05, 3.63) is 85.1 Å². The van der Waals surface area contributed by atoms with Crippen LogP contribution in [0.4, 0.5) is 5.69 Å². The zero-order valence-corrected chi connectivity index (χ0v) is 18.6. The second-order valence-corrected chi connectivity index (χ2v) is 8.50. The molecule has 0 aliphatic carbocycles. The van der Waals surface area contributed by atoms with Crippen LogP contribution in [0, 0.1) is 25.2 Å². The van der Waals surface area contributed by atoms with Gasteiger partial charge in [0.1, 0.15) is 22.2 Å². The van der Waals surface area contributed by atoms with E-state index in [1.54, 1.807) is 23.7 Å². The molecule has 4 aromatic rings. The lowest BCUT2D eigenvalue weighted by molar-refractivity contribution is 0.563. The molecule has 0 saturated carbocycles. The van der Waals surface area contributed by atoms with E-state index in [2.05, 4.69) is 32.3 Å². The molecule has 0 fully saturated rings. The number of nitrogens with zero attached hydrogens (tertiary/aromatic N) is 2. The van der Waals surface area contributed by atoms with E-state index in [0.29, 0.717) is 27.4 Å². The Morgan fingerprint density at radius 1 is 1.27 bits per heavy atom. The molecule has 2 heterocycles. The molecule has 0 unspecified atom stereocenters. The maximum atomic E-state index is 12.4. The third kappa shape index (κ3) is 3.92. The van der Waals surface area contributed by atoms with Crippen LogP contribution in [0.1, 0.15) is 16.1 Å². The van der Waals surface area contributed by atoms with Crippen LogP contribution in [0.3, 0.4) is 0 Å². The molecule has 7 heteroatoms. The lowest BCUT2D eigenvalue weighted by Gasteiger charge is -2.08. The molecule has 30 heavy (non-hydrogen) atoms. The summed E-state index contributed by atoms with van der Waals surface area (Å²) in [5.41, 5.74) is 4.50. The van der Waals surface area contributed by atoms with Gasteiger partial charge in [-0.25, -0.2) is 9.78 Å². The van der Waals surface area contributed by atoms with Gasteiger partial charge in [0, 0.05) is 27.1 Å². The highest BCUT2D eigenvalue weighted by Gasteiger charge is 2.14. The number of anilines is 1. The summed E-state index contributed by atoms with van der Waals surface area (Å²) in [6, 6.07) is 15.3. The molecular formula is C23H16BrN3O2S. The van der Waals surface area contributed by atoms with E-state index in [4.69, 9.17) is 4.42 Å². The van der Waals surface area contributed by atoms with Crippen molar-refractivity contribution >= 4 is 49.5 Å². The zero-order chi connectivity index (χ0) is 21.3. The minimum Gasteiger partial charge on any atom is -0.422 e. The van der Waals surface area contributed by atoms with E-state index in [-0.39, 0.29) is 0 Å². The summed E-state index contributed by atoms with van der Waals surface area (Å²) in [6.07, 6.45) is 1.64. The van der Waals surface area contributed by atoms with Crippen molar-refractivity contribution in [2.75, 3.05) is 5.32 Å². The predicted octanol–water partition coefficient (Wildman–Crippen LogP) is 6.27. The van der Waals surface area contributed by atoms with E-state index in [1.165, 1.54) is 11.3 Å². The Labute approximate surface area is 185 Å². The number of aromatic nitrogens is 1. The van der Waals surface area contributed by atoms with Gasteiger partial charge >= 0.3 is 5.63 Å². The Kier molecular flexibility index (Phi) is 5.53. The number of aryl methyl sites for hydroxylation is 1. The molecule has 2 aromatic carbocycles. The average Bonchev–Trinajstić information content (AvgIpc) is 3.21. The van der Waals surface area contributed by atoms with Gasteiger partial charge in [0.2, 0.25) is 0 Å². The first-order chi connectivity index (χ1) is 14.5. The summed E-state index contributed by atoms with van der Waals surface area (Å²) in [5.74, 6) is 0.